The van der Waals surface area contributed by atoms with Crippen LogP contribution in [0.4, 0.5) is 17.3 Å². The van der Waals surface area contributed by atoms with Gasteiger partial charge in [0.25, 0.3) is 0 Å². The fourth-order valence-corrected chi connectivity index (χ4v) is 5.47. The van der Waals surface area contributed by atoms with Crippen LogP contribution in [0.25, 0.3) is 17.0 Å². The maximum absolute atomic E-state index is 12.9. The molecule has 2 N–H and O–H groups in total. The molecule has 11 heteroatoms. The molecule has 0 unspecified atom stereocenters. The van der Waals surface area contributed by atoms with Crippen molar-refractivity contribution in [3.63, 3.8) is 0 Å². The molecule has 0 bridgehead atoms. The van der Waals surface area contributed by atoms with E-state index in [4.69, 9.17) is 16.3 Å². The molecular formula is C28H31ClN8O2. The van der Waals surface area contributed by atoms with Crippen LogP contribution in [0.5, 0.6) is 5.75 Å². The Kier molecular flexibility index (Phi) is 7.21. The molecule has 0 spiro atoms. The molecule has 6 rings (SSSR count). The number of amides is 1. The Morgan fingerprint density at radius 1 is 1.10 bits per heavy atom. The number of piperazine rings is 1. The topological polar surface area (TPSA) is 99.9 Å². The van der Waals surface area contributed by atoms with Gasteiger partial charge in [-0.3, -0.25) is 9.20 Å². The fraction of sp³-hybridized carbons (Fsp3) is 0.357. The van der Waals surface area contributed by atoms with Crippen molar-refractivity contribution < 1.29 is 9.53 Å². The van der Waals surface area contributed by atoms with Crippen molar-refractivity contribution in [3.8, 4) is 17.1 Å². The number of nitrogens with one attached hydrogen (secondary N) is 2. The molecule has 2 aliphatic heterocycles. The highest BCUT2D eigenvalue weighted by molar-refractivity contribution is 6.32. The van der Waals surface area contributed by atoms with Crippen LogP contribution in [0.2, 0.25) is 5.02 Å². The number of ether oxygens (including phenoxy) is 1. The highest BCUT2D eigenvalue weighted by atomic mass is 35.5. The average molecular weight is 547 g/mol. The summed E-state index contributed by atoms with van der Waals surface area (Å²) in [5.41, 5.74) is 3.96. The lowest BCUT2D eigenvalue weighted by molar-refractivity contribution is -0.134. The summed E-state index contributed by atoms with van der Waals surface area (Å²) in [6.07, 6.45) is 8.46. The van der Waals surface area contributed by atoms with Gasteiger partial charge in [-0.2, -0.15) is 0 Å². The molecule has 1 aromatic carbocycles. The Morgan fingerprint density at radius 3 is 2.77 bits per heavy atom. The van der Waals surface area contributed by atoms with Crippen LogP contribution in [0.1, 0.15) is 19.3 Å². The van der Waals surface area contributed by atoms with Gasteiger partial charge in [-0.25, -0.2) is 15.0 Å². The van der Waals surface area contributed by atoms with Crippen molar-refractivity contribution >= 4 is 40.5 Å². The quantitative estimate of drug-likeness (QED) is 0.374. The summed E-state index contributed by atoms with van der Waals surface area (Å²) < 4.78 is 7.65. The lowest BCUT2D eigenvalue weighted by atomic mass is 10.0. The first kappa shape index (κ1) is 25.4. The first-order valence-corrected chi connectivity index (χ1v) is 13.7. The second kappa shape index (κ2) is 11.1. The molecule has 2 fully saturated rings. The lowest BCUT2D eigenvalue weighted by Gasteiger charge is -2.38. The summed E-state index contributed by atoms with van der Waals surface area (Å²) >= 11 is 6.48. The summed E-state index contributed by atoms with van der Waals surface area (Å²) in [7, 11) is 1.64. The Bertz CT molecular complexity index is 1480. The summed E-state index contributed by atoms with van der Waals surface area (Å²) in [4.78, 5) is 30.7. The smallest absolute Gasteiger partial charge is 0.239 e. The van der Waals surface area contributed by atoms with Gasteiger partial charge >= 0.3 is 0 Å². The largest absolute Gasteiger partial charge is 0.494 e. The van der Waals surface area contributed by atoms with Crippen molar-refractivity contribution in [2.24, 2.45) is 0 Å². The molecule has 0 aliphatic carbocycles. The minimum Gasteiger partial charge on any atom is -0.494 e. The first-order valence-electron chi connectivity index (χ1n) is 13.3. The number of hydrogen-bond donors (Lipinski definition) is 2. The minimum absolute atomic E-state index is 0.0287. The van der Waals surface area contributed by atoms with Crippen molar-refractivity contribution in [2.75, 3.05) is 50.1 Å². The number of imidazole rings is 1. The third-order valence-electron chi connectivity index (χ3n) is 7.40. The number of aromatic nitrogens is 4. The van der Waals surface area contributed by atoms with Crippen LogP contribution >= 0.6 is 11.6 Å². The molecule has 5 heterocycles. The zero-order valence-corrected chi connectivity index (χ0v) is 22.6. The molecule has 2 saturated heterocycles. The van der Waals surface area contributed by atoms with Crippen LogP contribution in [0, 0.1) is 0 Å². The van der Waals surface area contributed by atoms with E-state index in [1.54, 1.807) is 19.5 Å². The van der Waals surface area contributed by atoms with Crippen LogP contribution in [-0.4, -0.2) is 76.0 Å². The molecular weight excluding hydrogens is 516 g/mol. The standard InChI is InChI=1S/C28H31ClN8O2/c1-39-24-16-19(35-12-14-36(15-13-35)27(38)22-6-2-4-10-30-22)8-9-21(24)33-28-32-17-20(29)26(34-28)23-18-31-25-7-3-5-11-37(23)25/h3,5,7-9,11,16-18,22,30H,2,4,6,10,12-15H2,1H3,(H,32,33,34)/t22-/m1/s1. The minimum atomic E-state index is -0.0287. The molecule has 202 valence electrons. The van der Waals surface area contributed by atoms with E-state index in [0.29, 0.717) is 35.5 Å². The summed E-state index contributed by atoms with van der Waals surface area (Å²) in [6, 6.07) is 11.8. The number of methoxy groups -OCH3 is 1. The zero-order valence-electron chi connectivity index (χ0n) is 21.8. The number of hydrogen-bond acceptors (Lipinski definition) is 8. The number of benzene rings is 1. The van der Waals surface area contributed by atoms with E-state index in [0.717, 1.165) is 61.6 Å². The average Bonchev–Trinajstić information content (AvgIpc) is 3.42. The van der Waals surface area contributed by atoms with Gasteiger partial charge < -0.3 is 25.2 Å². The molecule has 0 saturated carbocycles. The normalized spacial score (nSPS) is 17.8. The van der Waals surface area contributed by atoms with Gasteiger partial charge in [0.15, 0.2) is 0 Å². The molecule has 39 heavy (non-hydrogen) atoms. The summed E-state index contributed by atoms with van der Waals surface area (Å²) in [5, 5.41) is 7.08. The SMILES string of the molecule is COc1cc(N2CCN(C(=O)[C@H]3CCCCN3)CC2)ccc1Nc1ncc(Cl)c(-c2cnc3ccccn23)n1. The van der Waals surface area contributed by atoms with Gasteiger partial charge in [0.05, 0.1) is 41.9 Å². The highest BCUT2D eigenvalue weighted by Gasteiger charge is 2.28. The van der Waals surface area contributed by atoms with Gasteiger partial charge in [0.1, 0.15) is 17.1 Å². The van der Waals surface area contributed by atoms with Gasteiger partial charge in [-0.1, -0.05) is 24.1 Å². The Morgan fingerprint density at radius 2 is 1.97 bits per heavy atom. The predicted octanol–water partition coefficient (Wildman–Crippen LogP) is 3.99. The third-order valence-corrected chi connectivity index (χ3v) is 7.68. The van der Waals surface area contributed by atoms with Gasteiger partial charge in [0.2, 0.25) is 11.9 Å². The Labute approximate surface area is 232 Å². The predicted molar refractivity (Wildman–Crippen MR) is 152 cm³/mol. The third kappa shape index (κ3) is 5.22. The highest BCUT2D eigenvalue weighted by Crippen LogP contribution is 2.33. The van der Waals surface area contributed by atoms with E-state index < -0.39 is 0 Å². The molecule has 1 atom stereocenters. The van der Waals surface area contributed by atoms with E-state index in [1.165, 1.54) is 0 Å². The second-order valence-electron chi connectivity index (χ2n) is 9.79. The number of rotatable bonds is 6. The van der Waals surface area contributed by atoms with Crippen LogP contribution in [0.3, 0.4) is 0 Å². The molecule has 4 aromatic rings. The second-order valence-corrected chi connectivity index (χ2v) is 10.2. The molecule has 1 amide bonds. The van der Waals surface area contributed by atoms with E-state index in [-0.39, 0.29) is 11.9 Å². The number of pyridine rings is 1. The first-order chi connectivity index (χ1) is 19.1. The van der Waals surface area contributed by atoms with E-state index in [9.17, 15) is 4.79 Å². The van der Waals surface area contributed by atoms with Gasteiger partial charge in [-0.15, -0.1) is 0 Å². The fourth-order valence-electron chi connectivity index (χ4n) is 5.28. The van der Waals surface area contributed by atoms with E-state index in [2.05, 4.69) is 30.5 Å². The van der Waals surface area contributed by atoms with Crippen molar-refractivity contribution in [3.05, 3.63) is 60.0 Å². The number of carbonyl (C=O) groups is 1. The van der Waals surface area contributed by atoms with Crippen molar-refractivity contribution in [1.82, 2.24) is 29.6 Å². The molecule has 10 nitrogen and oxygen atoms in total. The molecule has 0 radical (unpaired) electrons. The Balaban J connectivity index is 1.16. The van der Waals surface area contributed by atoms with Crippen LogP contribution < -0.4 is 20.3 Å². The lowest BCUT2D eigenvalue weighted by Crippen LogP contribution is -2.55. The Hall–Kier alpha value is -3.89. The van der Waals surface area contributed by atoms with Crippen molar-refractivity contribution in [1.29, 1.82) is 0 Å². The van der Waals surface area contributed by atoms with Crippen LogP contribution in [-0.2, 0) is 4.79 Å². The maximum atomic E-state index is 12.9. The summed E-state index contributed by atoms with van der Waals surface area (Å²) in [6.45, 7) is 3.90. The number of piperidine rings is 1. The molecule has 3 aromatic heterocycles. The zero-order chi connectivity index (χ0) is 26.8. The van der Waals surface area contributed by atoms with Gasteiger partial charge in [-0.05, 0) is 43.7 Å². The number of fused-ring (bicyclic) bond motifs is 1. The maximum Gasteiger partial charge on any atom is 0.239 e. The van der Waals surface area contributed by atoms with Gasteiger partial charge in [0, 0.05) is 44.1 Å². The van der Waals surface area contributed by atoms with Crippen molar-refractivity contribution in [2.45, 2.75) is 25.3 Å². The summed E-state index contributed by atoms with van der Waals surface area (Å²) in [5.74, 6) is 1.31. The van der Waals surface area contributed by atoms with E-state index >= 15 is 0 Å². The molecule has 2 aliphatic rings. The number of halogens is 1. The monoisotopic (exact) mass is 546 g/mol. The number of anilines is 3. The van der Waals surface area contributed by atoms with Crippen LogP contribution in [0.15, 0.2) is 55.0 Å². The number of nitrogens with zero attached hydrogens (tertiary/aromatic N) is 6. The van der Waals surface area contributed by atoms with E-state index in [1.807, 2.05) is 51.9 Å². The number of carbonyl (C=O) groups excluding carboxylic acids is 1.